The maximum absolute atomic E-state index is 13.1. The van der Waals surface area contributed by atoms with Gasteiger partial charge in [0.2, 0.25) is 11.9 Å². The molecular weight excluding hydrogens is 396 g/mol. The Bertz CT molecular complexity index is 1140. The average molecular weight is 422 g/mol. The molecule has 0 spiro atoms. The van der Waals surface area contributed by atoms with Crippen LogP contribution >= 0.6 is 0 Å². The van der Waals surface area contributed by atoms with Crippen molar-refractivity contribution in [2.24, 2.45) is 0 Å². The quantitative estimate of drug-likeness (QED) is 0.652. The van der Waals surface area contributed by atoms with Crippen LogP contribution < -0.4 is 20.5 Å². The van der Waals surface area contributed by atoms with Crippen LogP contribution in [-0.2, 0) is 4.79 Å². The number of hydrogen-bond acceptors (Lipinski definition) is 7. The van der Waals surface area contributed by atoms with Gasteiger partial charge < -0.3 is 15.0 Å². The van der Waals surface area contributed by atoms with Crippen LogP contribution in [0.1, 0.15) is 38.6 Å². The molecule has 1 aromatic carbocycles. The largest absolute Gasteiger partial charge is 0.497 e. The van der Waals surface area contributed by atoms with E-state index in [4.69, 9.17) is 4.74 Å². The summed E-state index contributed by atoms with van der Waals surface area (Å²) in [7, 11) is 1.56. The van der Waals surface area contributed by atoms with Gasteiger partial charge >= 0.3 is 0 Å². The van der Waals surface area contributed by atoms with Gasteiger partial charge in [-0.15, -0.1) is 0 Å². The van der Waals surface area contributed by atoms with E-state index in [0.29, 0.717) is 34.8 Å². The van der Waals surface area contributed by atoms with Crippen molar-refractivity contribution < 1.29 is 9.53 Å². The summed E-state index contributed by atoms with van der Waals surface area (Å²) in [5.74, 6) is 0.932. The molecule has 9 heteroatoms. The summed E-state index contributed by atoms with van der Waals surface area (Å²) in [4.78, 5) is 41.4. The number of piperidine rings is 1. The summed E-state index contributed by atoms with van der Waals surface area (Å²) in [6.45, 7) is 3.66. The molecule has 4 rings (SSSR count). The number of benzene rings is 1. The van der Waals surface area contributed by atoms with Crippen molar-refractivity contribution in [2.75, 3.05) is 30.4 Å². The zero-order valence-electron chi connectivity index (χ0n) is 17.7. The molecule has 0 unspecified atom stereocenters. The van der Waals surface area contributed by atoms with Gasteiger partial charge in [0.25, 0.3) is 5.56 Å². The summed E-state index contributed by atoms with van der Waals surface area (Å²) in [5, 5.41) is 3.15. The Morgan fingerprint density at radius 1 is 1.23 bits per heavy atom. The second-order valence-electron chi connectivity index (χ2n) is 7.56. The molecule has 0 aliphatic carbocycles. The van der Waals surface area contributed by atoms with Gasteiger partial charge in [-0.25, -0.2) is 9.97 Å². The number of nitrogens with zero attached hydrogens (tertiary/aromatic N) is 5. The van der Waals surface area contributed by atoms with Gasteiger partial charge in [-0.3, -0.25) is 14.2 Å². The number of amides is 1. The summed E-state index contributed by atoms with van der Waals surface area (Å²) in [6, 6.07) is 6.36. The summed E-state index contributed by atoms with van der Waals surface area (Å²) < 4.78 is 6.54. The summed E-state index contributed by atoms with van der Waals surface area (Å²) in [5.41, 5.74) is 0.613. The molecule has 1 aliphatic heterocycles. The highest BCUT2D eigenvalue weighted by atomic mass is 16.5. The fraction of sp³-hybridized carbons (Fsp3) is 0.409. The van der Waals surface area contributed by atoms with Crippen molar-refractivity contribution in [3.8, 4) is 5.75 Å². The van der Waals surface area contributed by atoms with Crippen LogP contribution in [0.3, 0.4) is 0 Å². The van der Waals surface area contributed by atoms with Crippen molar-refractivity contribution in [3.05, 3.63) is 47.1 Å². The highest BCUT2D eigenvalue weighted by molar-refractivity contribution is 5.94. The summed E-state index contributed by atoms with van der Waals surface area (Å²) >= 11 is 0. The van der Waals surface area contributed by atoms with Gasteiger partial charge in [0.05, 0.1) is 7.11 Å². The smallest absolute Gasteiger partial charge is 0.265 e. The Hall–Kier alpha value is -3.49. The van der Waals surface area contributed by atoms with E-state index in [2.05, 4.69) is 25.2 Å². The van der Waals surface area contributed by atoms with E-state index < -0.39 is 6.04 Å². The fourth-order valence-corrected chi connectivity index (χ4v) is 3.82. The van der Waals surface area contributed by atoms with E-state index in [1.807, 2.05) is 6.92 Å². The van der Waals surface area contributed by atoms with E-state index in [-0.39, 0.29) is 11.5 Å². The topological polar surface area (TPSA) is 102 Å². The molecule has 3 aromatic rings. The number of hydrogen-bond donors (Lipinski definition) is 1. The van der Waals surface area contributed by atoms with Crippen LogP contribution in [0.4, 0.5) is 11.6 Å². The second kappa shape index (κ2) is 9.11. The molecule has 0 saturated carbocycles. The lowest BCUT2D eigenvalue weighted by Crippen LogP contribution is -2.34. The van der Waals surface area contributed by atoms with Gasteiger partial charge in [-0.05, 0) is 37.8 Å². The minimum absolute atomic E-state index is 0.301. The lowest BCUT2D eigenvalue weighted by molar-refractivity contribution is -0.119. The molecule has 1 atom stereocenters. The first-order valence-corrected chi connectivity index (χ1v) is 10.5. The Morgan fingerprint density at radius 3 is 2.77 bits per heavy atom. The molecule has 1 amide bonds. The predicted molar refractivity (Wildman–Crippen MR) is 119 cm³/mol. The van der Waals surface area contributed by atoms with Crippen molar-refractivity contribution in [1.29, 1.82) is 0 Å². The molecule has 1 saturated heterocycles. The number of fused-ring (bicyclic) bond motifs is 1. The predicted octanol–water partition coefficient (Wildman–Crippen LogP) is 2.78. The van der Waals surface area contributed by atoms with Crippen LogP contribution in [0.25, 0.3) is 11.0 Å². The third-order valence-electron chi connectivity index (χ3n) is 5.53. The average Bonchev–Trinajstić information content (AvgIpc) is 2.81. The molecular formula is C22H26N6O3. The van der Waals surface area contributed by atoms with Gasteiger partial charge in [0, 0.05) is 31.0 Å². The van der Waals surface area contributed by atoms with Crippen molar-refractivity contribution >= 4 is 28.6 Å². The normalized spacial score (nSPS) is 15.0. The number of aromatic nitrogens is 4. The molecule has 0 radical (unpaired) electrons. The number of anilines is 2. The zero-order chi connectivity index (χ0) is 21.8. The Balaban J connectivity index is 1.61. The van der Waals surface area contributed by atoms with Gasteiger partial charge in [-0.1, -0.05) is 13.0 Å². The molecule has 3 heterocycles. The third kappa shape index (κ3) is 4.35. The Labute approximate surface area is 180 Å². The number of carbonyl (C=O) groups is 1. The first kappa shape index (κ1) is 20.8. The monoisotopic (exact) mass is 422 g/mol. The Kier molecular flexibility index (Phi) is 6.11. The van der Waals surface area contributed by atoms with Gasteiger partial charge in [-0.2, -0.15) is 4.98 Å². The second-order valence-corrected chi connectivity index (χ2v) is 7.56. The van der Waals surface area contributed by atoms with Crippen LogP contribution in [0, 0.1) is 0 Å². The standard InChI is InChI=1S/C22H26N6O3/c1-3-18(20(29)25-15-8-7-9-16(12-15)31-2)28-14-24-19-17(21(28)30)13-23-22(26-19)27-10-5-4-6-11-27/h7-9,12-14,18H,3-6,10-11H2,1-2H3,(H,25,29)/t18-/m0/s1. The minimum Gasteiger partial charge on any atom is -0.497 e. The first-order chi connectivity index (χ1) is 15.1. The molecule has 9 nitrogen and oxygen atoms in total. The van der Waals surface area contributed by atoms with E-state index in [0.717, 1.165) is 25.9 Å². The minimum atomic E-state index is -0.711. The van der Waals surface area contributed by atoms with E-state index in [1.165, 1.54) is 23.5 Å². The molecule has 1 aliphatic rings. The molecule has 2 aromatic heterocycles. The van der Waals surface area contributed by atoms with Gasteiger partial charge in [0.1, 0.15) is 23.5 Å². The molecule has 162 valence electrons. The number of methoxy groups -OCH3 is 1. The van der Waals surface area contributed by atoms with Crippen molar-refractivity contribution in [1.82, 2.24) is 19.5 Å². The molecule has 31 heavy (non-hydrogen) atoms. The molecule has 1 fully saturated rings. The van der Waals surface area contributed by atoms with Crippen LogP contribution in [0.2, 0.25) is 0 Å². The van der Waals surface area contributed by atoms with Crippen LogP contribution in [0.5, 0.6) is 5.75 Å². The lowest BCUT2D eigenvalue weighted by atomic mass is 10.1. The fourth-order valence-electron chi connectivity index (χ4n) is 3.82. The van der Waals surface area contributed by atoms with Crippen molar-refractivity contribution in [2.45, 2.75) is 38.6 Å². The number of nitrogens with one attached hydrogen (secondary N) is 1. The third-order valence-corrected chi connectivity index (χ3v) is 5.53. The number of carbonyl (C=O) groups excluding carboxylic acids is 1. The van der Waals surface area contributed by atoms with Crippen molar-refractivity contribution in [3.63, 3.8) is 0 Å². The van der Waals surface area contributed by atoms with E-state index in [9.17, 15) is 9.59 Å². The highest BCUT2D eigenvalue weighted by Gasteiger charge is 2.22. The van der Waals surface area contributed by atoms with Crippen LogP contribution in [-0.4, -0.2) is 45.6 Å². The number of ether oxygens (including phenoxy) is 1. The highest BCUT2D eigenvalue weighted by Crippen LogP contribution is 2.20. The number of rotatable bonds is 6. The maximum atomic E-state index is 13.1. The van der Waals surface area contributed by atoms with Gasteiger partial charge in [0.15, 0.2) is 5.65 Å². The molecule has 1 N–H and O–H groups in total. The van der Waals surface area contributed by atoms with Crippen LogP contribution in [0.15, 0.2) is 41.6 Å². The molecule has 0 bridgehead atoms. The van der Waals surface area contributed by atoms with E-state index in [1.54, 1.807) is 31.4 Å². The SMILES string of the molecule is CC[C@@H](C(=O)Nc1cccc(OC)c1)n1cnc2nc(N3CCCCC3)ncc2c1=O. The van der Waals surface area contributed by atoms with E-state index >= 15 is 0 Å². The first-order valence-electron chi connectivity index (χ1n) is 10.5. The zero-order valence-corrected chi connectivity index (χ0v) is 17.7. The lowest BCUT2D eigenvalue weighted by Gasteiger charge is -2.26. The Morgan fingerprint density at radius 2 is 2.03 bits per heavy atom. The summed E-state index contributed by atoms with van der Waals surface area (Å²) in [6.07, 6.45) is 6.77. The maximum Gasteiger partial charge on any atom is 0.265 e.